The first kappa shape index (κ1) is 14.5. The van der Waals surface area contributed by atoms with Crippen LogP contribution in [0.5, 0.6) is 5.75 Å². The normalized spacial score (nSPS) is 12.2. The van der Waals surface area contributed by atoms with E-state index in [1.54, 1.807) is 12.1 Å². The molecule has 0 fully saturated rings. The molecule has 0 aliphatic heterocycles. The van der Waals surface area contributed by atoms with Crippen molar-refractivity contribution >= 4 is 0 Å². The molecule has 0 saturated carbocycles. The van der Waals surface area contributed by atoms with Gasteiger partial charge in [0.15, 0.2) is 0 Å². The first-order chi connectivity index (χ1) is 9.54. The third-order valence-corrected chi connectivity index (χ3v) is 2.89. The molecule has 0 radical (unpaired) electrons. The average Bonchev–Trinajstić information content (AvgIpc) is 2.39. The van der Waals surface area contributed by atoms with Crippen LogP contribution in [0.25, 0.3) is 0 Å². The van der Waals surface area contributed by atoms with Crippen molar-refractivity contribution in [1.29, 1.82) is 0 Å². The van der Waals surface area contributed by atoms with Crippen LogP contribution in [0.4, 0.5) is 4.39 Å². The summed E-state index contributed by atoms with van der Waals surface area (Å²) in [5.41, 5.74) is 8.55. The van der Waals surface area contributed by atoms with Gasteiger partial charge in [0, 0.05) is 18.2 Å². The minimum absolute atomic E-state index is 0.0254. The largest absolute Gasteiger partial charge is 0.487 e. The minimum Gasteiger partial charge on any atom is -0.487 e. The Balaban J connectivity index is 2.10. The van der Waals surface area contributed by atoms with Crippen LogP contribution >= 0.6 is 0 Å². The maximum atomic E-state index is 12.8. The molecule has 0 aliphatic carbocycles. The van der Waals surface area contributed by atoms with E-state index in [0.717, 1.165) is 22.7 Å². The number of halogens is 1. The number of rotatable bonds is 5. The Morgan fingerprint density at radius 3 is 2.55 bits per heavy atom. The van der Waals surface area contributed by atoms with E-state index >= 15 is 0 Å². The molecule has 4 heteroatoms. The zero-order chi connectivity index (χ0) is 14.5. The number of hydrogen-bond donors (Lipinski definition) is 1. The lowest BCUT2D eigenvalue weighted by Crippen LogP contribution is -2.19. The van der Waals surface area contributed by atoms with Crippen LogP contribution in [-0.4, -0.2) is 11.0 Å². The first-order valence-electron chi connectivity index (χ1n) is 6.64. The van der Waals surface area contributed by atoms with Gasteiger partial charge in [-0.2, -0.15) is 0 Å². The number of nitrogens with two attached hydrogens (primary N) is 1. The zero-order valence-electron chi connectivity index (χ0n) is 11.8. The van der Waals surface area contributed by atoms with Crippen LogP contribution in [0.1, 0.15) is 23.9 Å². The number of aromatic nitrogens is 1. The van der Waals surface area contributed by atoms with Crippen molar-refractivity contribution < 1.29 is 9.13 Å². The van der Waals surface area contributed by atoms with E-state index in [4.69, 9.17) is 10.5 Å². The lowest BCUT2D eigenvalue weighted by atomic mass is 10.1. The number of pyridine rings is 1. The first-order valence-corrected chi connectivity index (χ1v) is 6.64. The van der Waals surface area contributed by atoms with Crippen molar-refractivity contribution in [3.8, 4) is 5.75 Å². The molecule has 0 amide bonds. The molecule has 0 bridgehead atoms. The van der Waals surface area contributed by atoms with E-state index in [9.17, 15) is 4.39 Å². The number of hydrogen-bond acceptors (Lipinski definition) is 3. The van der Waals surface area contributed by atoms with Crippen molar-refractivity contribution in [2.45, 2.75) is 32.9 Å². The maximum Gasteiger partial charge on any atom is 0.141 e. The Bertz CT molecular complexity index is 567. The highest BCUT2D eigenvalue weighted by Crippen LogP contribution is 2.20. The van der Waals surface area contributed by atoms with E-state index in [1.807, 2.05) is 26.0 Å². The van der Waals surface area contributed by atoms with E-state index < -0.39 is 0 Å². The summed E-state index contributed by atoms with van der Waals surface area (Å²) in [7, 11) is 0. The molecule has 1 atom stereocenters. The van der Waals surface area contributed by atoms with Crippen molar-refractivity contribution in [2.24, 2.45) is 5.73 Å². The number of ether oxygens (including phenoxy) is 1. The molecule has 0 saturated heterocycles. The molecule has 2 aromatic rings. The van der Waals surface area contributed by atoms with Gasteiger partial charge in [0.1, 0.15) is 18.2 Å². The van der Waals surface area contributed by atoms with Crippen LogP contribution in [0.3, 0.4) is 0 Å². The molecule has 0 spiro atoms. The highest BCUT2D eigenvalue weighted by Gasteiger charge is 2.08. The van der Waals surface area contributed by atoms with Crippen molar-refractivity contribution in [1.82, 2.24) is 4.98 Å². The summed E-state index contributed by atoms with van der Waals surface area (Å²) >= 11 is 0. The van der Waals surface area contributed by atoms with Crippen molar-refractivity contribution in [3.05, 3.63) is 59.2 Å². The minimum atomic E-state index is -0.247. The second kappa shape index (κ2) is 6.48. The molecule has 1 heterocycles. The molecule has 2 rings (SSSR count). The maximum absolute atomic E-state index is 12.8. The Labute approximate surface area is 118 Å². The van der Waals surface area contributed by atoms with E-state index in [2.05, 4.69) is 4.98 Å². The van der Waals surface area contributed by atoms with Gasteiger partial charge in [-0.05, 0) is 43.7 Å². The monoisotopic (exact) mass is 274 g/mol. The second-order valence-corrected chi connectivity index (χ2v) is 4.99. The van der Waals surface area contributed by atoms with Gasteiger partial charge in [0.2, 0.25) is 0 Å². The summed E-state index contributed by atoms with van der Waals surface area (Å²) in [6, 6.07) is 10.1. The quantitative estimate of drug-likeness (QED) is 0.911. The molecule has 1 aromatic carbocycles. The highest BCUT2D eigenvalue weighted by atomic mass is 19.1. The average molecular weight is 274 g/mol. The summed E-state index contributed by atoms with van der Waals surface area (Å²) in [6.07, 6.45) is 0.667. The molecule has 2 N–H and O–H groups in total. The lowest BCUT2D eigenvalue weighted by Gasteiger charge is -2.13. The SMILES string of the molecule is Cc1ccc(OCc2ccc(F)cc2)c(CC(C)N)n1. The van der Waals surface area contributed by atoms with Gasteiger partial charge in [-0.15, -0.1) is 0 Å². The van der Waals surface area contributed by atoms with Crippen LogP contribution in [0, 0.1) is 12.7 Å². The third-order valence-electron chi connectivity index (χ3n) is 2.89. The van der Waals surface area contributed by atoms with Crippen molar-refractivity contribution in [3.63, 3.8) is 0 Å². The number of benzene rings is 1. The fraction of sp³-hybridized carbons (Fsp3) is 0.312. The number of nitrogens with zero attached hydrogens (tertiary/aromatic N) is 1. The predicted octanol–water partition coefficient (Wildman–Crippen LogP) is 3.00. The molecule has 106 valence electrons. The fourth-order valence-corrected chi connectivity index (χ4v) is 1.92. The van der Waals surface area contributed by atoms with Crippen LogP contribution in [0.15, 0.2) is 36.4 Å². The molecule has 1 unspecified atom stereocenters. The van der Waals surface area contributed by atoms with Crippen LogP contribution in [0.2, 0.25) is 0 Å². The fourth-order valence-electron chi connectivity index (χ4n) is 1.92. The second-order valence-electron chi connectivity index (χ2n) is 4.99. The lowest BCUT2D eigenvalue weighted by molar-refractivity contribution is 0.300. The van der Waals surface area contributed by atoms with Gasteiger partial charge in [-0.3, -0.25) is 4.98 Å². The topological polar surface area (TPSA) is 48.1 Å². The summed E-state index contributed by atoms with van der Waals surface area (Å²) in [5, 5.41) is 0. The van der Waals surface area contributed by atoms with E-state index in [0.29, 0.717) is 13.0 Å². The predicted molar refractivity (Wildman–Crippen MR) is 77.1 cm³/mol. The van der Waals surface area contributed by atoms with Gasteiger partial charge in [0.25, 0.3) is 0 Å². The number of aryl methyl sites for hydroxylation is 1. The van der Waals surface area contributed by atoms with E-state index in [1.165, 1.54) is 12.1 Å². The summed E-state index contributed by atoms with van der Waals surface area (Å²) in [6.45, 7) is 4.26. The molecule has 3 nitrogen and oxygen atoms in total. The van der Waals surface area contributed by atoms with Gasteiger partial charge in [-0.25, -0.2) is 4.39 Å². The highest BCUT2D eigenvalue weighted by molar-refractivity contribution is 5.30. The van der Waals surface area contributed by atoms with E-state index in [-0.39, 0.29) is 11.9 Å². The molecule has 20 heavy (non-hydrogen) atoms. The third kappa shape index (κ3) is 4.03. The summed E-state index contributed by atoms with van der Waals surface area (Å²) < 4.78 is 18.6. The molecule has 1 aromatic heterocycles. The van der Waals surface area contributed by atoms with Crippen LogP contribution in [-0.2, 0) is 13.0 Å². The summed E-state index contributed by atoms with van der Waals surface area (Å²) in [5.74, 6) is 0.487. The van der Waals surface area contributed by atoms with Gasteiger partial charge < -0.3 is 10.5 Å². The Morgan fingerprint density at radius 2 is 1.90 bits per heavy atom. The molecular weight excluding hydrogens is 255 g/mol. The van der Waals surface area contributed by atoms with Gasteiger partial charge >= 0.3 is 0 Å². The smallest absolute Gasteiger partial charge is 0.141 e. The van der Waals surface area contributed by atoms with Gasteiger partial charge in [0.05, 0.1) is 5.69 Å². The Morgan fingerprint density at radius 1 is 1.20 bits per heavy atom. The molecule has 0 aliphatic rings. The standard InChI is InChI=1S/C16H19FN2O/c1-11(18)9-15-16(8-3-12(2)19-15)20-10-13-4-6-14(17)7-5-13/h3-8,11H,9-10,18H2,1-2H3. The summed E-state index contributed by atoms with van der Waals surface area (Å²) in [4.78, 5) is 4.47. The Hall–Kier alpha value is -1.94. The zero-order valence-corrected chi connectivity index (χ0v) is 11.8. The van der Waals surface area contributed by atoms with Crippen molar-refractivity contribution in [2.75, 3.05) is 0 Å². The van der Waals surface area contributed by atoms with Crippen LogP contribution < -0.4 is 10.5 Å². The molecular formula is C16H19FN2O. The van der Waals surface area contributed by atoms with Gasteiger partial charge in [-0.1, -0.05) is 12.1 Å². The Kier molecular flexibility index (Phi) is 4.69.